The summed E-state index contributed by atoms with van der Waals surface area (Å²) in [6.45, 7) is 2.89. The van der Waals surface area contributed by atoms with Gasteiger partial charge in [-0.3, -0.25) is 9.08 Å². The second-order valence-electron chi connectivity index (χ2n) is 7.84. The fraction of sp³-hybridized carbons (Fsp3) is 0.250. The Balaban J connectivity index is 1.93. The number of nitrogen functional groups attached to an aromatic ring is 1. The van der Waals surface area contributed by atoms with Crippen molar-refractivity contribution in [3.05, 3.63) is 54.0 Å². The summed E-state index contributed by atoms with van der Waals surface area (Å²) in [5.74, 6) is 0.117. The first-order valence-electron chi connectivity index (χ1n) is 9.58. The summed E-state index contributed by atoms with van der Waals surface area (Å²) in [5, 5.41) is 12.5. The van der Waals surface area contributed by atoms with Crippen LogP contribution in [0, 0.1) is 6.92 Å². The molecule has 3 N–H and O–H groups in total. The van der Waals surface area contributed by atoms with Crippen molar-refractivity contribution in [2.24, 2.45) is 0 Å². The average molecular weight is 428 g/mol. The van der Waals surface area contributed by atoms with Gasteiger partial charge in [0.25, 0.3) is 6.43 Å². The standard InChI is InChI=1S/C20H17B3F2N6O/c1-10-3-4-11(19(2,32)18(24)25)7-12(10)15-8-27-17-16(26)29-13(9-30(15)17)14-5-6-28-31(14)20(21,22)23/h3-9,18,32H,1-2H3,(H2,26,29). The Bertz CT molecular complexity index is 1310. The fourth-order valence-corrected chi connectivity index (χ4v) is 3.48. The molecule has 3 heterocycles. The van der Waals surface area contributed by atoms with E-state index in [0.29, 0.717) is 28.3 Å². The molecule has 0 amide bonds. The highest BCUT2D eigenvalue weighted by atomic mass is 19.3. The fourth-order valence-electron chi connectivity index (χ4n) is 3.48. The SMILES string of the molecule is [B]C([B])([B])n1nccc1-c1cn2c(-c3cc(C(C)(O)C(F)F)ccc3C)cnc2c(N)n1. The predicted octanol–water partition coefficient (Wildman–Crippen LogP) is 1.70. The first kappa shape index (κ1) is 22.1. The van der Waals surface area contributed by atoms with Gasteiger partial charge < -0.3 is 10.8 Å². The van der Waals surface area contributed by atoms with E-state index in [9.17, 15) is 13.9 Å². The second-order valence-corrected chi connectivity index (χ2v) is 7.84. The third kappa shape index (κ3) is 3.58. The summed E-state index contributed by atoms with van der Waals surface area (Å²) in [4.78, 5) is 8.68. The van der Waals surface area contributed by atoms with E-state index in [1.165, 1.54) is 23.0 Å². The largest absolute Gasteiger partial charge is 0.381 e. The Labute approximate surface area is 186 Å². The summed E-state index contributed by atoms with van der Waals surface area (Å²) >= 11 is 0. The molecule has 0 bridgehead atoms. The first-order valence-corrected chi connectivity index (χ1v) is 9.58. The van der Waals surface area contributed by atoms with Gasteiger partial charge in [0.2, 0.25) is 0 Å². The molecule has 0 aliphatic carbocycles. The van der Waals surface area contributed by atoms with E-state index >= 15 is 0 Å². The van der Waals surface area contributed by atoms with Gasteiger partial charge in [-0.05, 0) is 42.3 Å². The number of halogens is 2. The number of imidazole rings is 1. The van der Waals surface area contributed by atoms with Crippen molar-refractivity contribution >= 4 is 35.0 Å². The number of aromatic nitrogens is 5. The molecule has 0 aliphatic rings. The average Bonchev–Trinajstić information content (AvgIpc) is 3.35. The molecule has 156 valence electrons. The normalized spacial score (nSPS) is 14.2. The molecule has 32 heavy (non-hydrogen) atoms. The van der Waals surface area contributed by atoms with Crippen LogP contribution < -0.4 is 5.73 Å². The molecule has 0 saturated carbocycles. The molecule has 1 atom stereocenters. The lowest BCUT2D eigenvalue weighted by molar-refractivity contribution is -0.0883. The number of nitrogens with two attached hydrogens (primary N) is 1. The first-order chi connectivity index (χ1) is 14.9. The zero-order valence-corrected chi connectivity index (χ0v) is 17.4. The lowest BCUT2D eigenvalue weighted by Crippen LogP contribution is -2.36. The third-order valence-electron chi connectivity index (χ3n) is 5.31. The Kier molecular flexibility index (Phi) is 5.16. The van der Waals surface area contributed by atoms with Crippen LogP contribution in [0.5, 0.6) is 0 Å². The number of fused-ring (bicyclic) bond motifs is 1. The van der Waals surface area contributed by atoms with Crippen LogP contribution in [0.1, 0.15) is 18.1 Å². The molecule has 0 aliphatic heterocycles. The minimum absolute atomic E-state index is 0.0718. The maximum atomic E-state index is 13.4. The lowest BCUT2D eigenvalue weighted by atomic mass is 9.49. The Morgan fingerprint density at radius 1 is 1.16 bits per heavy atom. The Hall–Kier alpha value is -3.14. The van der Waals surface area contributed by atoms with E-state index in [1.54, 1.807) is 28.9 Å². The van der Waals surface area contributed by atoms with Gasteiger partial charge in [-0.25, -0.2) is 18.7 Å². The predicted molar refractivity (Wildman–Crippen MR) is 120 cm³/mol. The topological polar surface area (TPSA) is 94.3 Å². The van der Waals surface area contributed by atoms with Crippen LogP contribution in [0.25, 0.3) is 28.3 Å². The van der Waals surface area contributed by atoms with Crippen molar-refractivity contribution in [2.45, 2.75) is 31.1 Å². The molecular weight excluding hydrogens is 411 g/mol. The van der Waals surface area contributed by atoms with Crippen LogP contribution >= 0.6 is 0 Å². The zero-order chi connectivity index (χ0) is 23.4. The summed E-state index contributed by atoms with van der Waals surface area (Å²) in [6.07, 6.45) is 1.70. The van der Waals surface area contributed by atoms with Gasteiger partial charge in [0.15, 0.2) is 11.5 Å². The maximum Gasteiger partial charge on any atom is 0.270 e. The van der Waals surface area contributed by atoms with Crippen LogP contribution in [-0.4, -0.2) is 59.2 Å². The molecule has 0 spiro atoms. The van der Waals surface area contributed by atoms with Crippen LogP contribution in [0.3, 0.4) is 0 Å². The molecule has 0 fully saturated rings. The Morgan fingerprint density at radius 3 is 2.53 bits per heavy atom. The van der Waals surface area contributed by atoms with Crippen molar-refractivity contribution in [3.63, 3.8) is 0 Å². The summed E-state index contributed by atoms with van der Waals surface area (Å²) in [5.41, 5.74) is 6.97. The molecular formula is C20H17B3F2N6O. The molecule has 6 radical (unpaired) electrons. The minimum Gasteiger partial charge on any atom is -0.381 e. The molecule has 12 heteroatoms. The molecule has 4 aromatic rings. The maximum absolute atomic E-state index is 13.4. The number of hydrogen-bond acceptors (Lipinski definition) is 5. The smallest absolute Gasteiger partial charge is 0.270 e. The number of aryl methyl sites for hydroxylation is 1. The van der Waals surface area contributed by atoms with Gasteiger partial charge in [-0.2, -0.15) is 5.10 Å². The van der Waals surface area contributed by atoms with Crippen molar-refractivity contribution in [2.75, 3.05) is 5.73 Å². The number of rotatable bonds is 5. The third-order valence-corrected chi connectivity index (χ3v) is 5.31. The highest BCUT2D eigenvalue weighted by Crippen LogP contribution is 2.34. The highest BCUT2D eigenvalue weighted by molar-refractivity contribution is 6.56. The highest BCUT2D eigenvalue weighted by Gasteiger charge is 2.34. The summed E-state index contributed by atoms with van der Waals surface area (Å²) in [7, 11) is 17.4. The van der Waals surface area contributed by atoms with Crippen molar-refractivity contribution < 1.29 is 13.9 Å². The van der Waals surface area contributed by atoms with Gasteiger partial charge in [-0.1, -0.05) is 12.1 Å². The van der Waals surface area contributed by atoms with Crippen LogP contribution in [0.15, 0.2) is 42.9 Å². The molecule has 1 unspecified atom stereocenters. The monoisotopic (exact) mass is 428 g/mol. The quantitative estimate of drug-likeness (QED) is 0.473. The van der Waals surface area contributed by atoms with E-state index < -0.39 is 17.3 Å². The number of benzene rings is 1. The summed E-state index contributed by atoms with van der Waals surface area (Å²) in [6, 6.07) is 6.26. The van der Waals surface area contributed by atoms with Crippen molar-refractivity contribution in [1.29, 1.82) is 0 Å². The van der Waals surface area contributed by atoms with Gasteiger partial charge in [0.1, 0.15) is 11.3 Å². The van der Waals surface area contributed by atoms with E-state index in [-0.39, 0.29) is 11.4 Å². The van der Waals surface area contributed by atoms with E-state index in [2.05, 4.69) is 15.1 Å². The Morgan fingerprint density at radius 2 is 1.88 bits per heavy atom. The number of nitrogens with zero attached hydrogens (tertiary/aromatic N) is 5. The zero-order valence-electron chi connectivity index (χ0n) is 17.4. The van der Waals surface area contributed by atoms with Gasteiger partial charge >= 0.3 is 0 Å². The molecule has 1 aromatic carbocycles. The van der Waals surface area contributed by atoms with Crippen LogP contribution in [0.4, 0.5) is 14.6 Å². The number of hydrogen-bond donors (Lipinski definition) is 2. The number of aliphatic hydroxyl groups is 1. The molecule has 7 nitrogen and oxygen atoms in total. The van der Waals surface area contributed by atoms with Crippen LogP contribution in [-0.2, 0) is 10.8 Å². The van der Waals surface area contributed by atoms with E-state index in [4.69, 9.17) is 29.3 Å². The number of anilines is 1. The minimum atomic E-state index is -2.96. The molecule has 0 saturated heterocycles. The molecule has 4 rings (SSSR count). The molecule has 3 aromatic heterocycles. The summed E-state index contributed by atoms with van der Waals surface area (Å²) < 4.78 is 29.7. The number of alkyl halides is 2. The lowest BCUT2D eigenvalue weighted by Gasteiger charge is -2.24. The van der Waals surface area contributed by atoms with E-state index in [1.807, 2.05) is 6.92 Å². The van der Waals surface area contributed by atoms with E-state index in [0.717, 1.165) is 12.5 Å². The van der Waals surface area contributed by atoms with Gasteiger partial charge in [0.05, 0.1) is 41.1 Å². The van der Waals surface area contributed by atoms with Gasteiger partial charge in [0, 0.05) is 18.0 Å². The van der Waals surface area contributed by atoms with Crippen molar-refractivity contribution in [1.82, 2.24) is 24.1 Å². The second kappa shape index (κ2) is 7.48. The van der Waals surface area contributed by atoms with Gasteiger partial charge in [-0.15, -0.1) is 0 Å². The van der Waals surface area contributed by atoms with Crippen molar-refractivity contribution in [3.8, 4) is 22.6 Å². The van der Waals surface area contributed by atoms with Crippen LogP contribution in [0.2, 0.25) is 0 Å².